The fraction of sp³-hybridized carbons (Fsp3) is 0.654. The van der Waals surface area contributed by atoms with E-state index < -0.39 is 0 Å². The largest absolute Gasteiger partial charge is 0.423 e. The zero-order valence-electron chi connectivity index (χ0n) is 19.5. The fourth-order valence-electron chi connectivity index (χ4n) is 5.64. The maximum Gasteiger partial charge on any atom is 0.345 e. The molecular weight excluding hydrogens is 416 g/mol. The number of piperidine rings is 1. The first kappa shape index (κ1) is 22.4. The van der Waals surface area contributed by atoms with Crippen LogP contribution in [0.1, 0.15) is 94.0 Å². The Morgan fingerprint density at radius 2 is 1.82 bits per heavy atom. The van der Waals surface area contributed by atoms with Crippen molar-refractivity contribution in [1.29, 1.82) is 0 Å². The number of fused-ring (bicyclic) bond motifs is 2. The summed E-state index contributed by atoms with van der Waals surface area (Å²) in [7, 11) is 0. The predicted octanol–water partition coefficient (Wildman–Crippen LogP) is 5.83. The quantitative estimate of drug-likeness (QED) is 0.424. The Kier molecular flexibility index (Phi) is 7.24. The molecule has 3 fully saturated rings. The molecule has 1 aromatic carbocycles. The van der Waals surface area contributed by atoms with E-state index in [2.05, 4.69) is 10.2 Å². The first-order chi connectivity index (χ1) is 16.3. The molecule has 3 aliphatic rings. The van der Waals surface area contributed by atoms with Gasteiger partial charge in [-0.1, -0.05) is 81.7 Å². The van der Waals surface area contributed by atoms with Gasteiger partial charge in [-0.15, -0.1) is 10.2 Å². The lowest BCUT2D eigenvalue weighted by molar-refractivity contribution is -0.140. The number of rotatable bonds is 10. The van der Waals surface area contributed by atoms with Crippen LogP contribution in [0.3, 0.4) is 0 Å². The number of unbranched alkanes of at least 4 members (excludes halogenated alkanes) is 2. The molecule has 2 saturated heterocycles. The molecule has 1 saturated carbocycles. The Morgan fingerprint density at radius 1 is 0.970 bits per heavy atom. The number of carbonyl (C=O) groups excluding carboxylic acids is 1. The maximum atomic E-state index is 13.0. The number of urea groups is 1. The summed E-state index contributed by atoms with van der Waals surface area (Å²) in [5.41, 5.74) is 1.05. The zero-order chi connectivity index (χ0) is 22.5. The molecular formula is C26H36N4O3. The number of nitrogens with zero attached hydrogens (tertiary/aromatic N) is 4. The van der Waals surface area contributed by atoms with Crippen LogP contribution in [0.15, 0.2) is 34.7 Å². The summed E-state index contributed by atoms with van der Waals surface area (Å²) in [6.45, 7) is 1.05. The Morgan fingerprint density at radius 3 is 2.67 bits per heavy atom. The second-order valence-corrected chi connectivity index (χ2v) is 9.90. The van der Waals surface area contributed by atoms with Crippen molar-refractivity contribution in [3.63, 3.8) is 0 Å². The molecule has 2 unspecified atom stereocenters. The highest BCUT2D eigenvalue weighted by molar-refractivity contribution is 5.77. The minimum Gasteiger partial charge on any atom is -0.423 e. The van der Waals surface area contributed by atoms with E-state index in [1.165, 1.54) is 51.4 Å². The van der Waals surface area contributed by atoms with Gasteiger partial charge < -0.3 is 9.32 Å². The van der Waals surface area contributed by atoms with Crippen molar-refractivity contribution in [2.24, 2.45) is 5.92 Å². The number of aromatic nitrogens is 2. The highest BCUT2D eigenvalue weighted by Crippen LogP contribution is 2.38. The van der Waals surface area contributed by atoms with E-state index in [-0.39, 0.29) is 18.1 Å². The molecule has 1 aliphatic carbocycles. The topological polar surface area (TPSA) is 71.7 Å². The fourth-order valence-corrected chi connectivity index (χ4v) is 5.64. The zero-order valence-corrected chi connectivity index (χ0v) is 19.5. The number of benzene rings is 1. The van der Waals surface area contributed by atoms with E-state index in [4.69, 9.17) is 9.25 Å². The molecule has 2 aromatic rings. The van der Waals surface area contributed by atoms with Crippen LogP contribution >= 0.6 is 0 Å². The molecule has 7 nitrogen and oxygen atoms in total. The Labute approximate surface area is 196 Å². The minimum absolute atomic E-state index is 0.0871. The third-order valence-corrected chi connectivity index (χ3v) is 7.53. The van der Waals surface area contributed by atoms with Crippen LogP contribution in [-0.2, 0) is 17.9 Å². The van der Waals surface area contributed by atoms with Crippen LogP contribution in [0, 0.1) is 5.92 Å². The standard InChI is InChI=1S/C26H36N4O3/c31-26-29-18-22(30(26)32-19-21-13-7-2-8-14-21)16-17-23(29)25-28-27-24(33-25)15-9-3-6-12-20-10-4-1-5-11-20/h2,7-8,13-14,20,22-23H,1,3-6,9-12,15-19H2. The number of hydrogen-bond acceptors (Lipinski definition) is 5. The second kappa shape index (κ2) is 10.7. The summed E-state index contributed by atoms with van der Waals surface area (Å²) in [5.74, 6) is 2.23. The number of aryl methyl sites for hydroxylation is 1. The lowest BCUT2D eigenvalue weighted by Gasteiger charge is -2.27. The van der Waals surface area contributed by atoms with Gasteiger partial charge in [-0.2, -0.15) is 5.06 Å². The molecule has 2 bridgehead atoms. The summed E-state index contributed by atoms with van der Waals surface area (Å²) >= 11 is 0. The number of hydrogen-bond donors (Lipinski definition) is 0. The van der Waals surface area contributed by atoms with Crippen molar-refractivity contribution < 1.29 is 14.0 Å². The van der Waals surface area contributed by atoms with Gasteiger partial charge in [0.2, 0.25) is 11.8 Å². The first-order valence-electron chi connectivity index (χ1n) is 12.9. The van der Waals surface area contributed by atoms with Crippen LogP contribution in [-0.4, -0.2) is 38.8 Å². The summed E-state index contributed by atoms with van der Waals surface area (Å²) in [6.07, 6.45) is 14.6. The summed E-state index contributed by atoms with van der Waals surface area (Å²) in [5, 5.41) is 10.1. The Balaban J connectivity index is 1.09. The molecule has 7 heteroatoms. The summed E-state index contributed by atoms with van der Waals surface area (Å²) < 4.78 is 6.01. The molecule has 2 aliphatic heterocycles. The lowest BCUT2D eigenvalue weighted by atomic mass is 9.85. The van der Waals surface area contributed by atoms with Gasteiger partial charge in [0.05, 0.1) is 6.04 Å². The van der Waals surface area contributed by atoms with Crippen molar-refractivity contribution in [3.05, 3.63) is 47.7 Å². The number of hydroxylamine groups is 2. The average Bonchev–Trinajstić information content (AvgIpc) is 3.42. The van der Waals surface area contributed by atoms with Crippen LogP contribution in [0.4, 0.5) is 4.79 Å². The summed E-state index contributed by atoms with van der Waals surface area (Å²) in [4.78, 5) is 20.7. The first-order valence-corrected chi connectivity index (χ1v) is 12.9. The average molecular weight is 453 g/mol. The van der Waals surface area contributed by atoms with Crippen molar-refractivity contribution in [3.8, 4) is 0 Å². The molecule has 2 atom stereocenters. The van der Waals surface area contributed by atoms with Gasteiger partial charge in [0.25, 0.3) is 0 Å². The third kappa shape index (κ3) is 5.40. The SMILES string of the molecule is O=C1N2CC(CCC2c2nnc(CCCCCC3CCCCC3)o2)N1OCc1ccccc1. The van der Waals surface area contributed by atoms with Gasteiger partial charge in [-0.05, 0) is 30.7 Å². The molecule has 1 aromatic heterocycles. The lowest BCUT2D eigenvalue weighted by Crippen LogP contribution is -2.34. The number of carbonyl (C=O) groups is 1. The third-order valence-electron chi connectivity index (χ3n) is 7.53. The van der Waals surface area contributed by atoms with Crippen molar-refractivity contribution >= 4 is 6.03 Å². The van der Waals surface area contributed by atoms with Gasteiger partial charge in [0, 0.05) is 13.0 Å². The van der Waals surface area contributed by atoms with E-state index in [0.29, 0.717) is 24.9 Å². The van der Waals surface area contributed by atoms with E-state index in [0.717, 1.165) is 37.2 Å². The van der Waals surface area contributed by atoms with E-state index in [1.54, 1.807) is 5.06 Å². The summed E-state index contributed by atoms with van der Waals surface area (Å²) in [6, 6.07) is 9.79. The molecule has 3 heterocycles. The molecule has 0 radical (unpaired) electrons. The van der Waals surface area contributed by atoms with Crippen LogP contribution in [0.5, 0.6) is 0 Å². The van der Waals surface area contributed by atoms with E-state index >= 15 is 0 Å². The van der Waals surface area contributed by atoms with Crippen LogP contribution in [0.2, 0.25) is 0 Å². The van der Waals surface area contributed by atoms with E-state index in [1.807, 2.05) is 35.2 Å². The van der Waals surface area contributed by atoms with Crippen LogP contribution in [0.25, 0.3) is 0 Å². The van der Waals surface area contributed by atoms with Crippen molar-refractivity contribution in [2.75, 3.05) is 6.54 Å². The minimum atomic E-state index is -0.147. The second-order valence-electron chi connectivity index (χ2n) is 9.90. The predicted molar refractivity (Wildman–Crippen MR) is 124 cm³/mol. The van der Waals surface area contributed by atoms with Crippen molar-refractivity contribution in [1.82, 2.24) is 20.2 Å². The van der Waals surface area contributed by atoms with Gasteiger partial charge >= 0.3 is 6.03 Å². The highest BCUT2D eigenvalue weighted by atomic mass is 16.7. The van der Waals surface area contributed by atoms with E-state index in [9.17, 15) is 4.79 Å². The van der Waals surface area contributed by atoms with Gasteiger partial charge in [-0.3, -0.25) is 4.84 Å². The van der Waals surface area contributed by atoms with Gasteiger partial charge in [0.15, 0.2) is 0 Å². The molecule has 0 N–H and O–H groups in total. The monoisotopic (exact) mass is 452 g/mol. The Bertz CT molecular complexity index is 896. The van der Waals surface area contributed by atoms with Crippen molar-refractivity contribution in [2.45, 2.75) is 95.7 Å². The van der Waals surface area contributed by atoms with Crippen LogP contribution < -0.4 is 0 Å². The number of amides is 2. The van der Waals surface area contributed by atoms with Gasteiger partial charge in [-0.25, -0.2) is 4.79 Å². The smallest absolute Gasteiger partial charge is 0.345 e. The maximum absolute atomic E-state index is 13.0. The molecule has 33 heavy (non-hydrogen) atoms. The Hall–Kier alpha value is -2.41. The molecule has 2 amide bonds. The molecule has 178 valence electrons. The molecule has 0 spiro atoms. The molecule has 5 rings (SSSR count). The normalized spacial score (nSPS) is 23.5. The van der Waals surface area contributed by atoms with Gasteiger partial charge in [0.1, 0.15) is 12.6 Å². The highest BCUT2D eigenvalue weighted by Gasteiger charge is 2.47.